The summed E-state index contributed by atoms with van der Waals surface area (Å²) in [5.41, 5.74) is 1.21. The van der Waals surface area contributed by atoms with Gasteiger partial charge in [0.05, 0.1) is 12.0 Å². The number of benzene rings is 2. The highest BCUT2D eigenvalue weighted by atomic mass is 35.5. The van der Waals surface area contributed by atoms with Crippen LogP contribution in [0.15, 0.2) is 63.8 Å². The maximum absolute atomic E-state index is 12.7. The third-order valence-corrected chi connectivity index (χ3v) is 3.58. The van der Waals surface area contributed by atoms with Gasteiger partial charge in [-0.1, -0.05) is 42.5 Å². The number of hydrogen-bond donors (Lipinski definition) is 0. The molecule has 22 heavy (non-hydrogen) atoms. The van der Waals surface area contributed by atoms with Crippen LogP contribution in [0.2, 0.25) is 0 Å². The third kappa shape index (κ3) is 2.85. The standard InChI is InChI=1S/C18H15ClO3/c19-11-6-12-21-18-16(20)14-9-4-5-10-15(14)22-17(18)13-7-2-1-3-8-13/h1-5,7-10H,6,11-12H2. The molecule has 0 unspecified atom stereocenters. The minimum Gasteiger partial charge on any atom is -0.486 e. The van der Waals surface area contributed by atoms with Gasteiger partial charge >= 0.3 is 0 Å². The maximum atomic E-state index is 12.7. The lowest BCUT2D eigenvalue weighted by atomic mass is 10.1. The van der Waals surface area contributed by atoms with Gasteiger partial charge < -0.3 is 9.15 Å². The van der Waals surface area contributed by atoms with E-state index in [1.807, 2.05) is 42.5 Å². The van der Waals surface area contributed by atoms with Crippen LogP contribution in [0.4, 0.5) is 0 Å². The van der Waals surface area contributed by atoms with E-state index in [1.165, 1.54) is 0 Å². The van der Waals surface area contributed by atoms with E-state index in [2.05, 4.69) is 0 Å². The van der Waals surface area contributed by atoms with Crippen molar-refractivity contribution < 1.29 is 9.15 Å². The number of fused-ring (bicyclic) bond motifs is 1. The van der Waals surface area contributed by atoms with Crippen molar-refractivity contribution in [3.63, 3.8) is 0 Å². The van der Waals surface area contributed by atoms with Crippen LogP contribution in [0.25, 0.3) is 22.3 Å². The van der Waals surface area contributed by atoms with Gasteiger partial charge in [0.15, 0.2) is 5.76 Å². The van der Waals surface area contributed by atoms with Crippen molar-refractivity contribution in [2.24, 2.45) is 0 Å². The minimum absolute atomic E-state index is 0.157. The molecule has 0 atom stereocenters. The van der Waals surface area contributed by atoms with Crippen LogP contribution < -0.4 is 10.2 Å². The molecule has 3 aromatic rings. The molecule has 1 heterocycles. The number of alkyl halides is 1. The fourth-order valence-corrected chi connectivity index (χ4v) is 2.37. The van der Waals surface area contributed by atoms with E-state index in [1.54, 1.807) is 12.1 Å². The Balaban J connectivity index is 2.19. The van der Waals surface area contributed by atoms with E-state index >= 15 is 0 Å². The van der Waals surface area contributed by atoms with Crippen molar-refractivity contribution in [1.29, 1.82) is 0 Å². The summed E-state index contributed by atoms with van der Waals surface area (Å²) in [6.07, 6.45) is 0.669. The molecule has 4 heteroatoms. The molecule has 2 aromatic carbocycles. The van der Waals surface area contributed by atoms with Gasteiger partial charge in [-0.25, -0.2) is 0 Å². The Kier molecular flexibility index (Phi) is 4.45. The van der Waals surface area contributed by atoms with E-state index in [0.29, 0.717) is 35.6 Å². The fraction of sp³-hybridized carbons (Fsp3) is 0.167. The number of para-hydroxylation sites is 1. The van der Waals surface area contributed by atoms with Crippen LogP contribution in [-0.4, -0.2) is 12.5 Å². The highest BCUT2D eigenvalue weighted by Crippen LogP contribution is 2.30. The maximum Gasteiger partial charge on any atom is 0.235 e. The monoisotopic (exact) mass is 314 g/mol. The quantitative estimate of drug-likeness (QED) is 0.515. The first kappa shape index (κ1) is 14.7. The van der Waals surface area contributed by atoms with E-state index in [4.69, 9.17) is 20.8 Å². The zero-order valence-corrected chi connectivity index (χ0v) is 12.7. The molecular weight excluding hydrogens is 300 g/mol. The molecule has 112 valence electrons. The first-order valence-corrected chi connectivity index (χ1v) is 7.64. The Morgan fingerprint density at radius 3 is 2.50 bits per heavy atom. The topological polar surface area (TPSA) is 39.4 Å². The first-order valence-electron chi connectivity index (χ1n) is 7.11. The molecule has 0 aliphatic rings. The summed E-state index contributed by atoms with van der Waals surface area (Å²) in [6.45, 7) is 0.381. The van der Waals surface area contributed by atoms with Crippen molar-refractivity contribution in [2.75, 3.05) is 12.5 Å². The van der Waals surface area contributed by atoms with Crippen molar-refractivity contribution in [1.82, 2.24) is 0 Å². The third-order valence-electron chi connectivity index (χ3n) is 3.32. The number of halogens is 1. The summed E-state index contributed by atoms with van der Waals surface area (Å²) < 4.78 is 11.6. The molecule has 1 aromatic heterocycles. The highest BCUT2D eigenvalue weighted by Gasteiger charge is 2.17. The van der Waals surface area contributed by atoms with Gasteiger partial charge in [0, 0.05) is 11.4 Å². The van der Waals surface area contributed by atoms with Gasteiger partial charge in [-0.15, -0.1) is 11.6 Å². The summed E-state index contributed by atoms with van der Waals surface area (Å²) in [5, 5.41) is 0.517. The summed E-state index contributed by atoms with van der Waals surface area (Å²) >= 11 is 5.68. The Morgan fingerprint density at radius 2 is 1.73 bits per heavy atom. The molecule has 3 rings (SSSR count). The second-order valence-electron chi connectivity index (χ2n) is 4.84. The van der Waals surface area contributed by atoms with Gasteiger partial charge in [-0.05, 0) is 18.6 Å². The second kappa shape index (κ2) is 6.67. The molecule has 0 aliphatic carbocycles. The van der Waals surface area contributed by atoms with Crippen LogP contribution >= 0.6 is 11.6 Å². The van der Waals surface area contributed by atoms with Gasteiger partial charge in [0.25, 0.3) is 0 Å². The van der Waals surface area contributed by atoms with Crippen molar-refractivity contribution in [2.45, 2.75) is 6.42 Å². The Hall–Kier alpha value is -2.26. The second-order valence-corrected chi connectivity index (χ2v) is 5.22. The summed E-state index contributed by atoms with van der Waals surface area (Å²) in [6, 6.07) is 16.7. The molecule has 3 nitrogen and oxygen atoms in total. The molecule has 0 aliphatic heterocycles. The van der Waals surface area contributed by atoms with Gasteiger partial charge in [-0.2, -0.15) is 0 Å². The van der Waals surface area contributed by atoms with Crippen LogP contribution in [-0.2, 0) is 0 Å². The number of ether oxygens (including phenoxy) is 1. The smallest absolute Gasteiger partial charge is 0.235 e. The number of hydrogen-bond acceptors (Lipinski definition) is 3. The fourth-order valence-electron chi connectivity index (χ4n) is 2.26. The predicted molar refractivity (Wildman–Crippen MR) is 88.8 cm³/mol. The molecule has 0 spiro atoms. The van der Waals surface area contributed by atoms with E-state index < -0.39 is 0 Å². The van der Waals surface area contributed by atoms with Crippen LogP contribution in [0, 0.1) is 0 Å². The van der Waals surface area contributed by atoms with Crippen molar-refractivity contribution in [3.05, 3.63) is 64.8 Å². The SMILES string of the molecule is O=c1c(OCCCCl)c(-c2ccccc2)oc2ccccc12. The van der Waals surface area contributed by atoms with Crippen LogP contribution in [0.1, 0.15) is 6.42 Å². The van der Waals surface area contributed by atoms with E-state index in [9.17, 15) is 4.79 Å². The Labute approximate surface area is 133 Å². The summed E-state index contributed by atoms with van der Waals surface area (Å²) in [4.78, 5) is 12.7. The molecule has 0 radical (unpaired) electrons. The summed E-state index contributed by atoms with van der Waals surface area (Å²) in [5.74, 6) is 1.19. The Bertz CT molecular complexity index is 825. The van der Waals surface area contributed by atoms with E-state index in [-0.39, 0.29) is 11.2 Å². The number of rotatable bonds is 5. The van der Waals surface area contributed by atoms with Gasteiger partial charge in [0.2, 0.25) is 11.2 Å². The average molecular weight is 315 g/mol. The lowest BCUT2D eigenvalue weighted by molar-refractivity contribution is 0.310. The first-order chi connectivity index (χ1) is 10.8. The lowest BCUT2D eigenvalue weighted by Crippen LogP contribution is -2.11. The highest BCUT2D eigenvalue weighted by molar-refractivity contribution is 6.17. The molecule has 0 saturated heterocycles. The van der Waals surface area contributed by atoms with Gasteiger partial charge in [0.1, 0.15) is 5.58 Å². The molecule has 0 saturated carbocycles. The lowest BCUT2D eigenvalue weighted by Gasteiger charge is -2.11. The zero-order valence-electron chi connectivity index (χ0n) is 11.9. The summed E-state index contributed by atoms with van der Waals surface area (Å²) in [7, 11) is 0. The molecule has 0 N–H and O–H groups in total. The minimum atomic E-state index is -0.157. The molecule has 0 fully saturated rings. The van der Waals surface area contributed by atoms with Crippen molar-refractivity contribution >= 4 is 22.6 Å². The van der Waals surface area contributed by atoms with Crippen molar-refractivity contribution in [3.8, 4) is 17.1 Å². The van der Waals surface area contributed by atoms with Crippen LogP contribution in [0.3, 0.4) is 0 Å². The average Bonchev–Trinajstić information content (AvgIpc) is 2.57. The molecule has 0 bridgehead atoms. The molecular formula is C18H15ClO3. The van der Waals surface area contributed by atoms with Crippen LogP contribution in [0.5, 0.6) is 5.75 Å². The zero-order chi connectivity index (χ0) is 15.4. The predicted octanol–water partition coefficient (Wildman–Crippen LogP) is 4.47. The van der Waals surface area contributed by atoms with E-state index in [0.717, 1.165) is 5.56 Å². The largest absolute Gasteiger partial charge is 0.486 e. The Morgan fingerprint density at radius 1 is 1.00 bits per heavy atom. The normalized spacial score (nSPS) is 10.8. The molecule has 0 amide bonds. The van der Waals surface area contributed by atoms with Gasteiger partial charge in [-0.3, -0.25) is 4.79 Å².